The molecule has 0 amide bonds. The van der Waals surface area contributed by atoms with E-state index in [4.69, 9.17) is 16.7 Å². The van der Waals surface area contributed by atoms with Gasteiger partial charge in [0, 0.05) is 0 Å². The summed E-state index contributed by atoms with van der Waals surface area (Å²) in [6, 6.07) is 9.37. The fourth-order valence-electron chi connectivity index (χ4n) is 1.69. The largest absolute Gasteiger partial charge is 0.478 e. The number of carbonyl (C=O) groups is 1. The van der Waals surface area contributed by atoms with Crippen LogP contribution < -0.4 is 5.32 Å². The average molecular weight is 280 g/mol. The summed E-state index contributed by atoms with van der Waals surface area (Å²) in [5.74, 6) is -1.69. The molecule has 0 saturated carbocycles. The molecule has 0 aromatic heterocycles. The van der Waals surface area contributed by atoms with Crippen LogP contribution in [0.1, 0.15) is 15.9 Å². The minimum Gasteiger partial charge on any atom is -0.478 e. The van der Waals surface area contributed by atoms with E-state index in [1.807, 2.05) is 0 Å². The second kappa shape index (κ2) is 5.28. The highest BCUT2D eigenvalue weighted by Crippen LogP contribution is 2.27. The maximum Gasteiger partial charge on any atom is 0.337 e. The summed E-state index contributed by atoms with van der Waals surface area (Å²) in [5, 5.41) is 11.9. The minimum absolute atomic E-state index is 0.0195. The van der Waals surface area contributed by atoms with Gasteiger partial charge in [0.2, 0.25) is 0 Å². The molecule has 98 valence electrons. The van der Waals surface area contributed by atoms with Gasteiger partial charge < -0.3 is 10.4 Å². The topological polar surface area (TPSA) is 49.3 Å². The first-order chi connectivity index (χ1) is 8.99. The molecular weight excluding hydrogens is 269 g/mol. The van der Waals surface area contributed by atoms with Crippen molar-refractivity contribution in [2.75, 3.05) is 5.32 Å². The highest BCUT2D eigenvalue weighted by Gasteiger charge is 2.13. The lowest BCUT2D eigenvalue weighted by molar-refractivity contribution is 0.0698. The maximum atomic E-state index is 13.8. The first-order valence-corrected chi connectivity index (χ1v) is 5.92. The normalized spacial score (nSPS) is 10.3. The molecule has 5 heteroatoms. The van der Waals surface area contributed by atoms with Crippen molar-refractivity contribution in [2.24, 2.45) is 0 Å². The zero-order valence-electron chi connectivity index (χ0n) is 10.1. The van der Waals surface area contributed by atoms with Gasteiger partial charge in [0.05, 0.1) is 22.0 Å². The lowest BCUT2D eigenvalue weighted by Gasteiger charge is -2.11. The lowest BCUT2D eigenvalue weighted by atomic mass is 10.1. The number of anilines is 2. The predicted octanol–water partition coefficient (Wildman–Crippen LogP) is 4.23. The molecule has 0 spiro atoms. The first-order valence-electron chi connectivity index (χ1n) is 5.54. The van der Waals surface area contributed by atoms with Gasteiger partial charge in [0.15, 0.2) is 5.82 Å². The van der Waals surface area contributed by atoms with Gasteiger partial charge in [-0.2, -0.15) is 0 Å². The van der Waals surface area contributed by atoms with E-state index in [1.165, 1.54) is 18.2 Å². The van der Waals surface area contributed by atoms with Crippen molar-refractivity contribution in [1.29, 1.82) is 0 Å². The first kappa shape index (κ1) is 13.4. The molecule has 0 unspecified atom stereocenters. The van der Waals surface area contributed by atoms with Gasteiger partial charge in [0.25, 0.3) is 0 Å². The Labute approximate surface area is 114 Å². The summed E-state index contributed by atoms with van der Waals surface area (Å²) in [6.45, 7) is 1.79. The fraction of sp³-hybridized carbons (Fsp3) is 0.0714. The number of hydrogen-bond acceptors (Lipinski definition) is 2. The summed E-state index contributed by atoms with van der Waals surface area (Å²) in [4.78, 5) is 11.2. The zero-order chi connectivity index (χ0) is 14.0. The van der Waals surface area contributed by atoms with Gasteiger partial charge in [-0.1, -0.05) is 29.3 Å². The van der Waals surface area contributed by atoms with Crippen LogP contribution in [-0.4, -0.2) is 11.1 Å². The number of benzene rings is 2. The van der Waals surface area contributed by atoms with Crippen LogP contribution in [-0.2, 0) is 0 Å². The maximum absolute atomic E-state index is 13.8. The van der Waals surface area contributed by atoms with Gasteiger partial charge in [-0.25, -0.2) is 9.18 Å². The third kappa shape index (κ3) is 2.85. The molecule has 2 aromatic carbocycles. The Kier molecular flexibility index (Phi) is 3.71. The smallest absolute Gasteiger partial charge is 0.337 e. The predicted molar refractivity (Wildman–Crippen MR) is 72.8 cm³/mol. The molecule has 2 aromatic rings. The summed E-state index contributed by atoms with van der Waals surface area (Å²) < 4.78 is 13.8. The van der Waals surface area contributed by atoms with Crippen LogP contribution in [0, 0.1) is 12.7 Å². The van der Waals surface area contributed by atoms with E-state index < -0.39 is 11.8 Å². The number of carboxylic acids is 1. The van der Waals surface area contributed by atoms with E-state index in [9.17, 15) is 9.18 Å². The Morgan fingerprint density at radius 1 is 1.26 bits per heavy atom. The zero-order valence-corrected chi connectivity index (χ0v) is 10.8. The molecular formula is C14H11ClFNO2. The molecule has 2 rings (SSSR count). The summed E-state index contributed by atoms with van der Waals surface area (Å²) in [7, 11) is 0. The van der Waals surface area contributed by atoms with E-state index in [0.29, 0.717) is 5.69 Å². The quantitative estimate of drug-likeness (QED) is 0.884. The lowest BCUT2D eigenvalue weighted by Crippen LogP contribution is -2.04. The average Bonchev–Trinajstić information content (AvgIpc) is 2.36. The molecule has 0 fully saturated rings. The second-order valence-corrected chi connectivity index (χ2v) is 4.49. The Morgan fingerprint density at radius 2 is 2.00 bits per heavy atom. The molecule has 0 atom stereocenters. The number of halogens is 2. The van der Waals surface area contributed by atoms with Gasteiger partial charge >= 0.3 is 5.97 Å². The van der Waals surface area contributed by atoms with Gasteiger partial charge in [-0.05, 0) is 31.2 Å². The van der Waals surface area contributed by atoms with Crippen molar-refractivity contribution in [3.05, 3.63) is 58.4 Å². The molecule has 0 aliphatic carbocycles. The van der Waals surface area contributed by atoms with Crippen molar-refractivity contribution in [3.8, 4) is 0 Å². The molecule has 3 nitrogen and oxygen atoms in total. The summed E-state index contributed by atoms with van der Waals surface area (Å²) in [6.07, 6.45) is 0. The van der Waals surface area contributed by atoms with Crippen molar-refractivity contribution in [2.45, 2.75) is 6.92 Å². The number of aromatic carboxylic acids is 1. The number of carboxylic acid groups (broad SMARTS) is 1. The van der Waals surface area contributed by atoms with Gasteiger partial charge in [0.1, 0.15) is 0 Å². The van der Waals surface area contributed by atoms with Crippen molar-refractivity contribution in [3.63, 3.8) is 0 Å². The molecule has 0 aliphatic heterocycles. The van der Waals surface area contributed by atoms with Crippen LogP contribution in [0.15, 0.2) is 36.4 Å². The van der Waals surface area contributed by atoms with Crippen LogP contribution in [0.5, 0.6) is 0 Å². The molecule has 0 aliphatic rings. The SMILES string of the molecule is Cc1ccc(Nc2cccc(Cl)c2F)c(C(=O)O)c1. The number of nitrogens with one attached hydrogen (secondary N) is 1. The number of aryl methyl sites for hydroxylation is 1. The Hall–Kier alpha value is -2.07. The van der Waals surface area contributed by atoms with Gasteiger partial charge in [-0.15, -0.1) is 0 Å². The van der Waals surface area contributed by atoms with E-state index in [2.05, 4.69) is 5.32 Å². The van der Waals surface area contributed by atoms with Crippen LogP contribution in [0.25, 0.3) is 0 Å². The number of hydrogen-bond donors (Lipinski definition) is 2. The summed E-state index contributed by atoms with van der Waals surface area (Å²) in [5.41, 5.74) is 1.35. The van der Waals surface area contributed by atoms with E-state index >= 15 is 0 Å². The second-order valence-electron chi connectivity index (χ2n) is 4.08. The molecule has 19 heavy (non-hydrogen) atoms. The Balaban J connectivity index is 2.44. The minimum atomic E-state index is -1.08. The number of rotatable bonds is 3. The molecule has 0 radical (unpaired) electrons. The van der Waals surface area contributed by atoms with Crippen molar-refractivity contribution >= 4 is 28.9 Å². The van der Waals surface area contributed by atoms with Gasteiger partial charge in [-0.3, -0.25) is 0 Å². The van der Waals surface area contributed by atoms with E-state index in [1.54, 1.807) is 25.1 Å². The van der Waals surface area contributed by atoms with Crippen LogP contribution >= 0.6 is 11.6 Å². The van der Waals surface area contributed by atoms with E-state index in [-0.39, 0.29) is 16.3 Å². The highest BCUT2D eigenvalue weighted by molar-refractivity contribution is 6.31. The standard InChI is InChI=1S/C14H11ClFNO2/c1-8-5-6-11(9(7-8)14(18)19)17-12-4-2-3-10(15)13(12)16/h2-7,17H,1H3,(H,18,19). The molecule has 2 N–H and O–H groups in total. The summed E-state index contributed by atoms with van der Waals surface area (Å²) >= 11 is 5.68. The fourth-order valence-corrected chi connectivity index (χ4v) is 1.86. The molecule has 0 saturated heterocycles. The van der Waals surface area contributed by atoms with Crippen molar-refractivity contribution in [1.82, 2.24) is 0 Å². The van der Waals surface area contributed by atoms with Crippen LogP contribution in [0.3, 0.4) is 0 Å². The van der Waals surface area contributed by atoms with Crippen molar-refractivity contribution < 1.29 is 14.3 Å². The monoisotopic (exact) mass is 279 g/mol. The molecule has 0 bridgehead atoms. The molecule has 0 heterocycles. The Bertz CT molecular complexity index is 643. The van der Waals surface area contributed by atoms with Crippen LogP contribution in [0.4, 0.5) is 15.8 Å². The third-order valence-corrected chi connectivity index (χ3v) is 2.92. The highest BCUT2D eigenvalue weighted by atomic mass is 35.5. The van der Waals surface area contributed by atoms with E-state index in [0.717, 1.165) is 5.56 Å². The third-order valence-electron chi connectivity index (χ3n) is 2.63. The van der Waals surface area contributed by atoms with Crippen LogP contribution in [0.2, 0.25) is 5.02 Å². The Morgan fingerprint density at radius 3 is 2.68 bits per heavy atom.